The zero-order chi connectivity index (χ0) is 12.3. The average Bonchev–Trinajstić information content (AvgIpc) is 1.99. The number of hydrogen-bond acceptors (Lipinski definition) is 1. The Morgan fingerprint density at radius 2 is 1.40 bits per heavy atom. The van der Waals surface area contributed by atoms with Crippen molar-refractivity contribution in [3.05, 3.63) is 0 Å². The van der Waals surface area contributed by atoms with E-state index in [1.807, 2.05) is 0 Å². The lowest BCUT2D eigenvalue weighted by molar-refractivity contribution is 0.635. The third-order valence-electron chi connectivity index (χ3n) is 4.00. The maximum absolute atomic E-state index is 7.52. The maximum atomic E-state index is 7.52. The van der Waals surface area contributed by atoms with Crippen molar-refractivity contribution in [3.8, 4) is 0 Å². The molecular formula is C12H29NSi2. The summed E-state index contributed by atoms with van der Waals surface area (Å²) in [6.45, 7) is 17.2. The summed E-state index contributed by atoms with van der Waals surface area (Å²) in [4.78, 5) is 0. The van der Waals surface area contributed by atoms with Crippen LogP contribution in [0.3, 0.4) is 0 Å². The molecule has 1 N–H and O–H groups in total. The van der Waals surface area contributed by atoms with E-state index in [2.05, 4.69) is 46.2 Å². The zero-order valence-electron chi connectivity index (χ0n) is 11.7. The molecule has 0 aromatic rings. The van der Waals surface area contributed by atoms with Crippen molar-refractivity contribution in [2.75, 3.05) is 0 Å². The van der Waals surface area contributed by atoms with E-state index in [1.54, 1.807) is 6.21 Å². The molecular weight excluding hydrogens is 214 g/mol. The Labute approximate surface area is 98.2 Å². The van der Waals surface area contributed by atoms with E-state index in [4.69, 9.17) is 5.41 Å². The molecule has 0 unspecified atom stereocenters. The van der Waals surface area contributed by atoms with Crippen molar-refractivity contribution in [3.63, 3.8) is 0 Å². The SMILES string of the molecule is CCCC(CC=N)([Si](C)(C)C)[Si](C)(C)C. The van der Waals surface area contributed by atoms with E-state index in [-0.39, 0.29) is 0 Å². The quantitative estimate of drug-likeness (QED) is 0.513. The van der Waals surface area contributed by atoms with Crippen LogP contribution in [0.2, 0.25) is 43.9 Å². The molecule has 0 amide bonds. The molecule has 0 saturated carbocycles. The summed E-state index contributed by atoms with van der Waals surface area (Å²) >= 11 is 0. The van der Waals surface area contributed by atoms with E-state index in [0.717, 1.165) is 6.42 Å². The first-order valence-electron chi connectivity index (χ1n) is 6.11. The summed E-state index contributed by atoms with van der Waals surface area (Å²) in [5, 5.41) is 7.52. The van der Waals surface area contributed by atoms with Gasteiger partial charge in [0.2, 0.25) is 0 Å². The summed E-state index contributed by atoms with van der Waals surface area (Å²) in [7, 11) is -2.41. The van der Waals surface area contributed by atoms with E-state index in [0.29, 0.717) is 4.66 Å². The monoisotopic (exact) mass is 243 g/mol. The summed E-state index contributed by atoms with van der Waals surface area (Å²) in [6, 6.07) is 0. The van der Waals surface area contributed by atoms with Gasteiger partial charge in [-0.15, -0.1) is 0 Å². The predicted molar refractivity (Wildman–Crippen MR) is 77.7 cm³/mol. The molecule has 1 nitrogen and oxygen atoms in total. The fourth-order valence-corrected chi connectivity index (χ4v) is 15.6. The molecule has 0 bridgehead atoms. The van der Waals surface area contributed by atoms with Gasteiger partial charge in [0.05, 0.1) is 0 Å². The molecule has 0 atom stereocenters. The van der Waals surface area contributed by atoms with Gasteiger partial charge in [0, 0.05) is 16.1 Å². The van der Waals surface area contributed by atoms with Crippen molar-refractivity contribution < 1.29 is 0 Å². The van der Waals surface area contributed by atoms with Crippen LogP contribution in [0, 0.1) is 5.41 Å². The zero-order valence-corrected chi connectivity index (χ0v) is 13.7. The smallest absolute Gasteiger partial charge is 0.0482 e. The molecule has 3 heteroatoms. The molecule has 15 heavy (non-hydrogen) atoms. The molecule has 0 fully saturated rings. The topological polar surface area (TPSA) is 23.9 Å². The van der Waals surface area contributed by atoms with E-state index < -0.39 is 16.1 Å². The second-order valence-electron chi connectivity index (χ2n) is 6.74. The maximum Gasteiger partial charge on any atom is 0.0482 e. The van der Waals surface area contributed by atoms with Gasteiger partial charge in [-0.2, -0.15) is 0 Å². The van der Waals surface area contributed by atoms with Crippen LogP contribution in [0.5, 0.6) is 0 Å². The van der Waals surface area contributed by atoms with Crippen LogP contribution >= 0.6 is 0 Å². The summed E-state index contributed by atoms with van der Waals surface area (Å²) in [6.07, 6.45) is 5.29. The number of nitrogens with one attached hydrogen (secondary N) is 1. The Bertz CT molecular complexity index is 197. The van der Waals surface area contributed by atoms with E-state index in [9.17, 15) is 0 Å². The molecule has 0 aliphatic carbocycles. The van der Waals surface area contributed by atoms with Gasteiger partial charge in [-0.25, -0.2) is 0 Å². The molecule has 0 spiro atoms. The van der Waals surface area contributed by atoms with Crippen molar-refractivity contribution >= 4 is 22.4 Å². The minimum atomic E-state index is -1.20. The first-order chi connectivity index (χ1) is 6.62. The first-order valence-corrected chi connectivity index (χ1v) is 13.1. The Kier molecular flexibility index (Phi) is 4.99. The highest BCUT2D eigenvalue weighted by Crippen LogP contribution is 2.52. The third-order valence-corrected chi connectivity index (χ3v) is 15.1. The van der Waals surface area contributed by atoms with Crippen molar-refractivity contribution in [2.45, 2.75) is 70.1 Å². The molecule has 90 valence electrons. The van der Waals surface area contributed by atoms with E-state index in [1.165, 1.54) is 12.8 Å². The Balaban J connectivity index is 5.37. The number of rotatable bonds is 6. The average molecular weight is 244 g/mol. The highest BCUT2D eigenvalue weighted by molar-refractivity contribution is 6.98. The van der Waals surface area contributed by atoms with Gasteiger partial charge in [-0.3, -0.25) is 0 Å². The van der Waals surface area contributed by atoms with Gasteiger partial charge in [-0.1, -0.05) is 59.0 Å². The summed E-state index contributed by atoms with van der Waals surface area (Å²) in [5.74, 6) is 0. The van der Waals surface area contributed by atoms with Crippen molar-refractivity contribution in [1.82, 2.24) is 0 Å². The third kappa shape index (κ3) is 3.03. The summed E-state index contributed by atoms with van der Waals surface area (Å²) in [5.41, 5.74) is 0. The van der Waals surface area contributed by atoms with Crippen molar-refractivity contribution in [2.24, 2.45) is 0 Å². The Hall–Kier alpha value is 0.104. The normalized spacial score (nSPS) is 14.1. The van der Waals surface area contributed by atoms with Gasteiger partial charge >= 0.3 is 0 Å². The van der Waals surface area contributed by atoms with Crippen LogP contribution in [0.15, 0.2) is 0 Å². The second kappa shape index (κ2) is 4.96. The molecule has 0 radical (unpaired) electrons. The van der Waals surface area contributed by atoms with Gasteiger partial charge in [-0.05, 0) is 17.3 Å². The van der Waals surface area contributed by atoms with Crippen LogP contribution in [-0.2, 0) is 0 Å². The molecule has 0 rings (SSSR count). The molecule has 0 aliphatic heterocycles. The molecule has 0 aliphatic rings. The van der Waals surface area contributed by atoms with Crippen LogP contribution in [0.1, 0.15) is 26.2 Å². The first kappa shape index (κ1) is 15.1. The van der Waals surface area contributed by atoms with Crippen LogP contribution < -0.4 is 0 Å². The lowest BCUT2D eigenvalue weighted by Crippen LogP contribution is -2.54. The fraction of sp³-hybridized carbons (Fsp3) is 0.917. The molecule has 0 aromatic carbocycles. The van der Waals surface area contributed by atoms with Gasteiger partial charge in [0.25, 0.3) is 0 Å². The Morgan fingerprint density at radius 1 is 1.00 bits per heavy atom. The lowest BCUT2D eigenvalue weighted by Gasteiger charge is -2.52. The lowest BCUT2D eigenvalue weighted by atomic mass is 10.2. The highest BCUT2D eigenvalue weighted by atomic mass is 28.4. The largest absolute Gasteiger partial charge is 0.313 e. The predicted octanol–water partition coefficient (Wildman–Crippen LogP) is 4.78. The molecule has 0 heterocycles. The van der Waals surface area contributed by atoms with Crippen LogP contribution in [0.4, 0.5) is 0 Å². The minimum absolute atomic E-state index is 0.510. The van der Waals surface area contributed by atoms with E-state index >= 15 is 0 Å². The second-order valence-corrected chi connectivity index (χ2v) is 18.2. The van der Waals surface area contributed by atoms with Crippen LogP contribution in [0.25, 0.3) is 0 Å². The Morgan fingerprint density at radius 3 is 1.60 bits per heavy atom. The number of hydrogen-bond donors (Lipinski definition) is 1. The van der Waals surface area contributed by atoms with Crippen LogP contribution in [-0.4, -0.2) is 22.4 Å². The van der Waals surface area contributed by atoms with Gasteiger partial charge < -0.3 is 5.41 Å². The van der Waals surface area contributed by atoms with Gasteiger partial charge in [0.15, 0.2) is 0 Å². The van der Waals surface area contributed by atoms with Gasteiger partial charge in [0.1, 0.15) is 0 Å². The fourth-order valence-electron chi connectivity index (χ4n) is 3.19. The van der Waals surface area contributed by atoms with Crippen molar-refractivity contribution in [1.29, 1.82) is 5.41 Å². The minimum Gasteiger partial charge on any atom is -0.313 e. The molecule has 0 aromatic heterocycles. The summed E-state index contributed by atoms with van der Waals surface area (Å²) < 4.78 is 0.510. The standard InChI is InChI=1S/C12H29NSi2/c1-8-9-12(10-11-13,14(2,3)4)15(5,6)7/h11,13H,8-10H2,1-7H3. The molecule has 0 saturated heterocycles. The highest BCUT2D eigenvalue weighted by Gasteiger charge is 2.50.